The Bertz CT molecular complexity index is 676. The Morgan fingerprint density at radius 1 is 1.09 bits per heavy atom. The van der Waals surface area contributed by atoms with Gasteiger partial charge in [0.25, 0.3) is 5.91 Å². The van der Waals surface area contributed by atoms with Crippen molar-refractivity contribution in [1.29, 1.82) is 0 Å². The highest BCUT2D eigenvalue weighted by molar-refractivity contribution is 5.95. The number of nitrogens with zero attached hydrogens (tertiary/aromatic N) is 1. The van der Waals surface area contributed by atoms with Gasteiger partial charge in [0.1, 0.15) is 0 Å². The van der Waals surface area contributed by atoms with Gasteiger partial charge in [0.15, 0.2) is 11.5 Å². The molecule has 6 heteroatoms. The normalized spacial score (nSPS) is 10.1. The fraction of sp³-hybridized carbons (Fsp3) is 0.294. The zero-order chi connectivity index (χ0) is 16.8. The standard InChI is InChI=1S/C17H20N2O4/c1-11-7-12(5-6-18-11)10-19-17(20)13-8-14(21-2)16(23-4)15(9-13)22-3/h5-9H,10H2,1-4H3,(H,19,20). The summed E-state index contributed by atoms with van der Waals surface area (Å²) in [6, 6.07) is 7.03. The lowest BCUT2D eigenvalue weighted by Crippen LogP contribution is -2.23. The fourth-order valence-electron chi connectivity index (χ4n) is 2.21. The summed E-state index contributed by atoms with van der Waals surface area (Å²) in [5.41, 5.74) is 2.33. The van der Waals surface area contributed by atoms with Crippen LogP contribution in [-0.2, 0) is 6.54 Å². The van der Waals surface area contributed by atoms with E-state index >= 15 is 0 Å². The molecule has 0 radical (unpaired) electrons. The number of carbonyl (C=O) groups is 1. The monoisotopic (exact) mass is 316 g/mol. The van der Waals surface area contributed by atoms with E-state index in [1.54, 1.807) is 18.3 Å². The quantitative estimate of drug-likeness (QED) is 0.886. The van der Waals surface area contributed by atoms with Crippen LogP contribution < -0.4 is 19.5 Å². The third-order valence-corrected chi connectivity index (χ3v) is 3.34. The average molecular weight is 316 g/mol. The highest BCUT2D eigenvalue weighted by Gasteiger charge is 2.16. The maximum atomic E-state index is 12.4. The first-order valence-corrected chi connectivity index (χ1v) is 7.08. The van der Waals surface area contributed by atoms with E-state index < -0.39 is 0 Å². The van der Waals surface area contributed by atoms with E-state index in [1.165, 1.54) is 21.3 Å². The van der Waals surface area contributed by atoms with Gasteiger partial charge in [0.2, 0.25) is 5.75 Å². The van der Waals surface area contributed by atoms with E-state index in [0.717, 1.165) is 11.3 Å². The van der Waals surface area contributed by atoms with E-state index in [1.807, 2.05) is 19.1 Å². The molecule has 1 aromatic carbocycles. The Hall–Kier alpha value is -2.76. The van der Waals surface area contributed by atoms with Crippen LogP contribution in [-0.4, -0.2) is 32.2 Å². The molecule has 0 saturated carbocycles. The van der Waals surface area contributed by atoms with Crippen LogP contribution in [0.15, 0.2) is 30.5 Å². The van der Waals surface area contributed by atoms with Crippen molar-refractivity contribution >= 4 is 5.91 Å². The number of methoxy groups -OCH3 is 3. The van der Waals surface area contributed by atoms with Crippen LogP contribution in [0.1, 0.15) is 21.6 Å². The Labute approximate surface area is 135 Å². The topological polar surface area (TPSA) is 69.7 Å². The van der Waals surface area contributed by atoms with Gasteiger partial charge in [-0.25, -0.2) is 0 Å². The zero-order valence-electron chi connectivity index (χ0n) is 13.7. The number of hydrogen-bond acceptors (Lipinski definition) is 5. The molecule has 1 heterocycles. The molecule has 0 unspecified atom stereocenters. The largest absolute Gasteiger partial charge is 0.493 e. The first kappa shape index (κ1) is 16.6. The van der Waals surface area contributed by atoms with Crippen LogP contribution in [0.2, 0.25) is 0 Å². The molecule has 0 atom stereocenters. The average Bonchev–Trinajstić information content (AvgIpc) is 2.58. The molecule has 2 rings (SSSR count). The Balaban J connectivity index is 2.18. The molecular weight excluding hydrogens is 296 g/mol. The number of ether oxygens (including phenoxy) is 3. The summed E-state index contributed by atoms with van der Waals surface area (Å²) in [4.78, 5) is 16.5. The second kappa shape index (κ2) is 7.49. The lowest BCUT2D eigenvalue weighted by Gasteiger charge is -2.14. The predicted molar refractivity (Wildman–Crippen MR) is 86.2 cm³/mol. The third-order valence-electron chi connectivity index (χ3n) is 3.34. The predicted octanol–water partition coefficient (Wildman–Crippen LogP) is 2.35. The smallest absolute Gasteiger partial charge is 0.251 e. The van der Waals surface area contributed by atoms with Crippen LogP contribution >= 0.6 is 0 Å². The Morgan fingerprint density at radius 3 is 2.26 bits per heavy atom. The van der Waals surface area contributed by atoms with Crippen molar-refractivity contribution in [2.45, 2.75) is 13.5 Å². The molecule has 1 amide bonds. The van der Waals surface area contributed by atoms with Crippen molar-refractivity contribution in [3.8, 4) is 17.2 Å². The van der Waals surface area contributed by atoms with Crippen molar-refractivity contribution in [2.24, 2.45) is 0 Å². The second-order valence-corrected chi connectivity index (χ2v) is 4.90. The van der Waals surface area contributed by atoms with Gasteiger partial charge in [-0.15, -0.1) is 0 Å². The van der Waals surface area contributed by atoms with E-state index in [9.17, 15) is 4.79 Å². The van der Waals surface area contributed by atoms with Crippen molar-refractivity contribution < 1.29 is 19.0 Å². The second-order valence-electron chi connectivity index (χ2n) is 4.90. The third kappa shape index (κ3) is 3.91. The molecule has 6 nitrogen and oxygen atoms in total. The molecule has 0 aliphatic rings. The van der Waals surface area contributed by atoms with Gasteiger partial charge in [0.05, 0.1) is 21.3 Å². The van der Waals surface area contributed by atoms with Crippen molar-refractivity contribution in [3.63, 3.8) is 0 Å². The van der Waals surface area contributed by atoms with Crippen molar-refractivity contribution in [1.82, 2.24) is 10.3 Å². The summed E-state index contributed by atoms with van der Waals surface area (Å²) in [5, 5.41) is 2.86. The number of nitrogens with one attached hydrogen (secondary N) is 1. The van der Waals surface area contributed by atoms with E-state index in [2.05, 4.69) is 10.3 Å². The number of rotatable bonds is 6. The molecule has 0 bridgehead atoms. The van der Waals surface area contributed by atoms with Gasteiger partial charge >= 0.3 is 0 Å². The summed E-state index contributed by atoms with van der Waals surface area (Å²) in [6.07, 6.45) is 1.72. The van der Waals surface area contributed by atoms with Crippen molar-refractivity contribution in [2.75, 3.05) is 21.3 Å². The SMILES string of the molecule is COc1cc(C(=O)NCc2ccnc(C)c2)cc(OC)c1OC. The first-order valence-electron chi connectivity index (χ1n) is 7.08. The van der Waals surface area contributed by atoms with E-state index in [0.29, 0.717) is 29.4 Å². The van der Waals surface area contributed by atoms with E-state index in [4.69, 9.17) is 14.2 Å². The highest BCUT2D eigenvalue weighted by atomic mass is 16.5. The van der Waals surface area contributed by atoms with Crippen LogP contribution in [0, 0.1) is 6.92 Å². The first-order chi connectivity index (χ1) is 11.1. The number of aromatic nitrogens is 1. The minimum Gasteiger partial charge on any atom is -0.493 e. The minimum absolute atomic E-state index is 0.223. The fourth-order valence-corrected chi connectivity index (χ4v) is 2.21. The molecule has 122 valence electrons. The number of amides is 1. The highest BCUT2D eigenvalue weighted by Crippen LogP contribution is 2.38. The summed E-state index contributed by atoms with van der Waals surface area (Å²) < 4.78 is 15.8. The molecule has 23 heavy (non-hydrogen) atoms. The van der Waals surface area contributed by atoms with Gasteiger partial charge < -0.3 is 19.5 Å². The van der Waals surface area contributed by atoms with Crippen LogP contribution in [0.5, 0.6) is 17.2 Å². The summed E-state index contributed by atoms with van der Waals surface area (Å²) in [6.45, 7) is 2.32. The van der Waals surface area contributed by atoms with Gasteiger partial charge in [-0.1, -0.05) is 0 Å². The molecular formula is C17H20N2O4. The molecule has 0 fully saturated rings. The number of hydrogen-bond donors (Lipinski definition) is 1. The van der Waals surface area contributed by atoms with Gasteiger partial charge in [-0.05, 0) is 36.8 Å². The molecule has 0 aliphatic heterocycles. The lowest BCUT2D eigenvalue weighted by atomic mass is 10.1. The molecule has 2 aromatic rings. The van der Waals surface area contributed by atoms with E-state index in [-0.39, 0.29) is 5.91 Å². The van der Waals surface area contributed by atoms with Crippen molar-refractivity contribution in [3.05, 3.63) is 47.3 Å². The van der Waals surface area contributed by atoms with Crippen LogP contribution in [0.4, 0.5) is 0 Å². The van der Waals surface area contributed by atoms with Crippen LogP contribution in [0.25, 0.3) is 0 Å². The van der Waals surface area contributed by atoms with Crippen LogP contribution in [0.3, 0.4) is 0 Å². The molecule has 0 saturated heterocycles. The maximum absolute atomic E-state index is 12.4. The Kier molecular flexibility index (Phi) is 5.41. The molecule has 0 spiro atoms. The molecule has 1 aromatic heterocycles. The number of pyridine rings is 1. The van der Waals surface area contributed by atoms with Gasteiger partial charge in [-0.3, -0.25) is 9.78 Å². The molecule has 1 N–H and O–H groups in total. The summed E-state index contributed by atoms with van der Waals surface area (Å²) in [7, 11) is 4.54. The zero-order valence-corrected chi connectivity index (χ0v) is 13.7. The lowest BCUT2D eigenvalue weighted by molar-refractivity contribution is 0.0950. The minimum atomic E-state index is -0.223. The number of carbonyl (C=O) groups excluding carboxylic acids is 1. The number of benzene rings is 1. The summed E-state index contributed by atoms with van der Waals surface area (Å²) in [5.74, 6) is 1.11. The van der Waals surface area contributed by atoms with Gasteiger partial charge in [0, 0.05) is 24.0 Å². The number of aryl methyl sites for hydroxylation is 1. The Morgan fingerprint density at radius 2 is 1.74 bits per heavy atom. The summed E-state index contributed by atoms with van der Waals surface area (Å²) >= 11 is 0. The maximum Gasteiger partial charge on any atom is 0.251 e. The molecule has 0 aliphatic carbocycles. The van der Waals surface area contributed by atoms with Gasteiger partial charge in [-0.2, -0.15) is 0 Å².